The van der Waals surface area contributed by atoms with E-state index in [9.17, 15) is 13.2 Å². The standard InChI is InChI=1S/C11H21NO4S/c13-8-5-9-17(15,16)10-11(14)12-6-3-1-2-4-7-12/h13H,1-10H2. The number of hydrogen-bond donors (Lipinski definition) is 1. The Labute approximate surface area is 103 Å². The van der Waals surface area contributed by atoms with E-state index in [0.717, 1.165) is 25.7 Å². The number of hydrogen-bond acceptors (Lipinski definition) is 4. The minimum absolute atomic E-state index is 0.108. The Hall–Kier alpha value is -0.620. The van der Waals surface area contributed by atoms with Crippen LogP contribution in [0.15, 0.2) is 0 Å². The van der Waals surface area contributed by atoms with E-state index in [1.165, 1.54) is 0 Å². The van der Waals surface area contributed by atoms with Crippen LogP contribution < -0.4 is 0 Å². The van der Waals surface area contributed by atoms with Crippen LogP contribution in [0.1, 0.15) is 32.1 Å². The van der Waals surface area contributed by atoms with Crippen molar-refractivity contribution in [2.45, 2.75) is 32.1 Å². The van der Waals surface area contributed by atoms with Crippen molar-refractivity contribution in [2.75, 3.05) is 31.2 Å². The van der Waals surface area contributed by atoms with Crippen LogP contribution in [0.5, 0.6) is 0 Å². The highest BCUT2D eigenvalue weighted by atomic mass is 32.2. The molecule has 0 radical (unpaired) electrons. The number of aliphatic hydroxyl groups is 1. The molecule has 0 aromatic rings. The first-order valence-corrected chi connectivity index (χ1v) is 7.96. The summed E-state index contributed by atoms with van der Waals surface area (Å²) in [7, 11) is -3.36. The van der Waals surface area contributed by atoms with Gasteiger partial charge in [-0.3, -0.25) is 4.79 Å². The molecular weight excluding hydrogens is 242 g/mol. The monoisotopic (exact) mass is 263 g/mol. The Kier molecular flexibility index (Phi) is 5.91. The van der Waals surface area contributed by atoms with Crippen molar-refractivity contribution in [1.82, 2.24) is 4.90 Å². The molecule has 5 nitrogen and oxygen atoms in total. The van der Waals surface area contributed by atoms with Crippen LogP contribution in [0.3, 0.4) is 0 Å². The summed E-state index contributed by atoms with van der Waals surface area (Å²) in [6, 6.07) is 0. The Morgan fingerprint density at radius 2 is 1.71 bits per heavy atom. The van der Waals surface area contributed by atoms with Gasteiger partial charge < -0.3 is 10.0 Å². The second kappa shape index (κ2) is 6.96. The summed E-state index contributed by atoms with van der Waals surface area (Å²) >= 11 is 0. The second-order valence-corrected chi connectivity index (χ2v) is 6.65. The molecule has 1 heterocycles. The quantitative estimate of drug-likeness (QED) is 0.768. The van der Waals surface area contributed by atoms with Crippen LogP contribution in [0, 0.1) is 0 Å². The van der Waals surface area contributed by atoms with Gasteiger partial charge in [-0.15, -0.1) is 0 Å². The predicted molar refractivity (Wildman–Crippen MR) is 65.4 cm³/mol. The predicted octanol–water partition coefficient (Wildman–Crippen LogP) is 0.186. The summed E-state index contributed by atoms with van der Waals surface area (Å²) in [5.41, 5.74) is 0. The van der Waals surface area contributed by atoms with E-state index in [0.29, 0.717) is 13.1 Å². The topological polar surface area (TPSA) is 74.7 Å². The Morgan fingerprint density at radius 1 is 1.12 bits per heavy atom. The molecule has 0 aliphatic carbocycles. The van der Waals surface area contributed by atoms with Crippen molar-refractivity contribution >= 4 is 15.7 Å². The minimum atomic E-state index is -3.36. The maximum Gasteiger partial charge on any atom is 0.237 e. The lowest BCUT2D eigenvalue weighted by atomic mass is 10.2. The zero-order valence-corrected chi connectivity index (χ0v) is 10.9. The van der Waals surface area contributed by atoms with Crippen LogP contribution in [0.25, 0.3) is 0 Å². The number of carbonyl (C=O) groups excluding carboxylic acids is 1. The Morgan fingerprint density at radius 3 is 2.24 bits per heavy atom. The van der Waals surface area contributed by atoms with Crippen LogP contribution in [0.2, 0.25) is 0 Å². The summed E-state index contributed by atoms with van der Waals surface area (Å²) < 4.78 is 23.1. The van der Waals surface area contributed by atoms with Crippen LogP contribution >= 0.6 is 0 Å². The fourth-order valence-corrected chi connectivity index (χ4v) is 3.23. The SMILES string of the molecule is O=C(CS(=O)(=O)CCCO)N1CCCCCC1. The molecule has 0 saturated carbocycles. The molecule has 1 N–H and O–H groups in total. The van der Waals surface area contributed by atoms with Gasteiger partial charge in [0.1, 0.15) is 5.75 Å². The van der Waals surface area contributed by atoms with Crippen molar-refractivity contribution < 1.29 is 18.3 Å². The molecule has 1 saturated heterocycles. The average Bonchev–Trinajstić information content (AvgIpc) is 2.54. The number of aliphatic hydroxyl groups excluding tert-OH is 1. The number of likely N-dealkylation sites (tertiary alicyclic amines) is 1. The van der Waals surface area contributed by atoms with Crippen LogP contribution in [-0.4, -0.2) is 55.5 Å². The lowest BCUT2D eigenvalue weighted by molar-refractivity contribution is -0.128. The maximum absolute atomic E-state index is 11.8. The van der Waals surface area contributed by atoms with Gasteiger partial charge in [-0.05, 0) is 19.3 Å². The zero-order chi connectivity index (χ0) is 12.7. The number of amides is 1. The van der Waals surface area contributed by atoms with E-state index >= 15 is 0 Å². The first-order chi connectivity index (χ1) is 8.05. The van der Waals surface area contributed by atoms with E-state index in [-0.39, 0.29) is 24.7 Å². The number of sulfone groups is 1. The third kappa shape index (κ3) is 5.50. The van der Waals surface area contributed by atoms with E-state index in [1.807, 2.05) is 0 Å². The number of rotatable bonds is 5. The summed E-state index contributed by atoms with van der Waals surface area (Å²) in [5.74, 6) is -0.805. The highest BCUT2D eigenvalue weighted by molar-refractivity contribution is 7.92. The lowest BCUT2D eigenvalue weighted by Crippen LogP contribution is -2.37. The first-order valence-electron chi connectivity index (χ1n) is 6.14. The molecule has 1 amide bonds. The normalized spacial score (nSPS) is 17.8. The van der Waals surface area contributed by atoms with Gasteiger partial charge in [0.15, 0.2) is 9.84 Å². The molecule has 1 aliphatic heterocycles. The Bertz CT molecular complexity index is 331. The molecule has 1 aliphatic rings. The fraction of sp³-hybridized carbons (Fsp3) is 0.909. The highest BCUT2D eigenvalue weighted by Crippen LogP contribution is 2.10. The van der Waals surface area contributed by atoms with E-state index < -0.39 is 15.6 Å². The third-order valence-electron chi connectivity index (χ3n) is 2.92. The molecule has 100 valence electrons. The van der Waals surface area contributed by atoms with Gasteiger partial charge in [-0.2, -0.15) is 0 Å². The van der Waals surface area contributed by atoms with E-state index in [1.54, 1.807) is 4.90 Å². The molecule has 6 heteroatoms. The third-order valence-corrected chi connectivity index (χ3v) is 4.51. The minimum Gasteiger partial charge on any atom is -0.396 e. The Balaban J connectivity index is 2.46. The molecule has 1 rings (SSSR count). The largest absolute Gasteiger partial charge is 0.396 e. The average molecular weight is 263 g/mol. The molecule has 0 bridgehead atoms. The summed E-state index contributed by atoms with van der Waals surface area (Å²) in [5, 5.41) is 8.59. The van der Waals surface area contributed by atoms with Crippen molar-refractivity contribution in [1.29, 1.82) is 0 Å². The van der Waals surface area contributed by atoms with Crippen molar-refractivity contribution in [2.24, 2.45) is 0 Å². The maximum atomic E-state index is 11.8. The summed E-state index contributed by atoms with van der Waals surface area (Å²) in [6.07, 6.45) is 4.35. The van der Waals surface area contributed by atoms with E-state index in [2.05, 4.69) is 0 Å². The molecule has 0 spiro atoms. The van der Waals surface area contributed by atoms with E-state index in [4.69, 9.17) is 5.11 Å². The van der Waals surface area contributed by atoms with Gasteiger partial charge in [-0.1, -0.05) is 12.8 Å². The fourth-order valence-electron chi connectivity index (χ4n) is 1.96. The van der Waals surface area contributed by atoms with Gasteiger partial charge in [0.05, 0.1) is 5.75 Å². The van der Waals surface area contributed by atoms with Gasteiger partial charge >= 0.3 is 0 Å². The molecule has 0 aromatic heterocycles. The second-order valence-electron chi connectivity index (χ2n) is 4.46. The van der Waals surface area contributed by atoms with Crippen molar-refractivity contribution in [3.63, 3.8) is 0 Å². The van der Waals surface area contributed by atoms with Crippen molar-refractivity contribution in [3.8, 4) is 0 Å². The summed E-state index contributed by atoms with van der Waals surface area (Å²) in [6.45, 7) is 1.19. The van der Waals surface area contributed by atoms with Crippen LogP contribution in [-0.2, 0) is 14.6 Å². The number of nitrogens with zero attached hydrogens (tertiary/aromatic N) is 1. The molecule has 0 unspecified atom stereocenters. The molecule has 17 heavy (non-hydrogen) atoms. The molecular formula is C11H21NO4S. The summed E-state index contributed by atoms with van der Waals surface area (Å²) in [4.78, 5) is 13.5. The van der Waals surface area contributed by atoms with Gasteiger partial charge in [0.25, 0.3) is 0 Å². The first kappa shape index (κ1) is 14.4. The zero-order valence-electron chi connectivity index (χ0n) is 10.1. The van der Waals surface area contributed by atoms with Crippen LogP contribution in [0.4, 0.5) is 0 Å². The molecule has 0 atom stereocenters. The smallest absolute Gasteiger partial charge is 0.237 e. The van der Waals surface area contributed by atoms with Gasteiger partial charge in [-0.25, -0.2) is 8.42 Å². The highest BCUT2D eigenvalue weighted by Gasteiger charge is 2.21. The molecule has 0 aromatic carbocycles. The molecule has 1 fully saturated rings. The van der Waals surface area contributed by atoms with Gasteiger partial charge in [0.2, 0.25) is 5.91 Å². The number of carbonyl (C=O) groups is 1. The van der Waals surface area contributed by atoms with Crippen molar-refractivity contribution in [3.05, 3.63) is 0 Å². The lowest BCUT2D eigenvalue weighted by Gasteiger charge is -2.20. The van der Waals surface area contributed by atoms with Gasteiger partial charge in [0, 0.05) is 19.7 Å².